The lowest BCUT2D eigenvalue weighted by Crippen LogP contribution is -2.38. The molecular formula is C21H34BClN2O6S. The molecule has 0 fully saturated rings. The van der Waals surface area contributed by atoms with Gasteiger partial charge in [0.05, 0.1) is 25.5 Å². The van der Waals surface area contributed by atoms with Crippen molar-refractivity contribution in [2.45, 2.75) is 52.2 Å². The van der Waals surface area contributed by atoms with E-state index in [4.69, 9.17) is 20.5 Å². The van der Waals surface area contributed by atoms with E-state index in [1.165, 1.54) is 0 Å². The summed E-state index contributed by atoms with van der Waals surface area (Å²) in [4.78, 5) is 25.2. The minimum Gasteiger partial charge on any atom is -0.460 e. The maximum Gasteiger partial charge on any atom is 0.307 e. The van der Waals surface area contributed by atoms with Gasteiger partial charge in [0, 0.05) is 30.7 Å². The molecule has 0 aromatic heterocycles. The van der Waals surface area contributed by atoms with Gasteiger partial charge in [-0.1, -0.05) is 6.07 Å². The van der Waals surface area contributed by atoms with E-state index in [1.807, 2.05) is 50.8 Å². The predicted molar refractivity (Wildman–Crippen MR) is 130 cm³/mol. The van der Waals surface area contributed by atoms with Gasteiger partial charge in [0.15, 0.2) is 0 Å². The van der Waals surface area contributed by atoms with Gasteiger partial charge in [-0.2, -0.15) is 8.42 Å². The molecule has 0 heterocycles. The molecule has 1 aromatic carbocycles. The predicted octanol–water partition coefficient (Wildman–Crippen LogP) is 1.79. The fourth-order valence-electron chi connectivity index (χ4n) is 3.13. The number of carbonyl (C=O) groups excluding carboxylic acids is 2. The second kappa shape index (κ2) is 13.2. The van der Waals surface area contributed by atoms with Gasteiger partial charge < -0.3 is 19.7 Å². The van der Waals surface area contributed by atoms with Crippen molar-refractivity contribution in [2.24, 2.45) is 0 Å². The molecule has 180 valence electrons. The number of benzene rings is 1. The second-order valence-corrected chi connectivity index (χ2v) is 10.6. The van der Waals surface area contributed by atoms with Crippen LogP contribution in [0.4, 0.5) is 5.69 Å². The first kappa shape index (κ1) is 28.4. The lowest BCUT2D eigenvalue weighted by molar-refractivity contribution is -0.155. The average molecular weight is 489 g/mol. The highest BCUT2D eigenvalue weighted by molar-refractivity contribution is 7.85. The van der Waals surface area contributed by atoms with E-state index in [0.717, 1.165) is 29.3 Å². The van der Waals surface area contributed by atoms with Gasteiger partial charge in [-0.25, -0.2) is 0 Å². The molecule has 0 amide bonds. The SMILES string of the molecule is Cc1ccc(N(CCCl)CCOS(C)(=O)=O)cc1C[C@@H](CC(=O)OC(C)(C)C)NBC=O. The molecule has 0 aliphatic rings. The minimum absolute atomic E-state index is 0.0150. The van der Waals surface area contributed by atoms with Crippen LogP contribution in [0.5, 0.6) is 0 Å². The summed E-state index contributed by atoms with van der Waals surface area (Å²) in [5, 5.41) is 3.10. The monoisotopic (exact) mass is 488 g/mol. The van der Waals surface area contributed by atoms with Gasteiger partial charge in [-0.15, -0.1) is 11.6 Å². The maximum atomic E-state index is 12.3. The first-order valence-electron chi connectivity index (χ1n) is 10.5. The number of hydrogen-bond donors (Lipinski definition) is 1. The number of nitrogens with one attached hydrogen (secondary N) is 1. The van der Waals surface area contributed by atoms with E-state index in [1.54, 1.807) is 0 Å². The van der Waals surface area contributed by atoms with Crippen LogP contribution in [0, 0.1) is 6.92 Å². The van der Waals surface area contributed by atoms with Crippen LogP contribution in [0.2, 0.25) is 0 Å². The van der Waals surface area contributed by atoms with Crippen LogP contribution >= 0.6 is 11.6 Å². The summed E-state index contributed by atoms with van der Waals surface area (Å²) in [5.74, 6) is 0.0287. The Hall–Kier alpha value is -1.62. The summed E-state index contributed by atoms with van der Waals surface area (Å²) in [6, 6.07) is 5.62. The van der Waals surface area contributed by atoms with Crippen LogP contribution < -0.4 is 10.1 Å². The van der Waals surface area contributed by atoms with Crippen molar-refractivity contribution in [2.75, 3.05) is 36.7 Å². The van der Waals surface area contributed by atoms with Crippen molar-refractivity contribution >= 4 is 47.0 Å². The number of anilines is 1. The molecule has 8 nitrogen and oxygen atoms in total. The van der Waals surface area contributed by atoms with Crippen LogP contribution in [-0.4, -0.2) is 71.5 Å². The number of carbonyl (C=O) groups is 2. The Morgan fingerprint density at radius 3 is 2.56 bits per heavy atom. The summed E-state index contributed by atoms with van der Waals surface area (Å²) in [5.41, 5.74) is 2.32. The molecule has 1 rings (SSSR count). The van der Waals surface area contributed by atoms with Crippen molar-refractivity contribution in [3.8, 4) is 0 Å². The summed E-state index contributed by atoms with van der Waals surface area (Å²) in [7, 11) is -3.39. The molecule has 11 heteroatoms. The van der Waals surface area contributed by atoms with E-state index < -0.39 is 15.7 Å². The highest BCUT2D eigenvalue weighted by Crippen LogP contribution is 2.22. The van der Waals surface area contributed by atoms with Crippen LogP contribution in [0.15, 0.2) is 18.2 Å². The molecule has 0 saturated carbocycles. The zero-order chi connectivity index (χ0) is 24.4. The van der Waals surface area contributed by atoms with E-state index in [-0.39, 0.29) is 32.5 Å². The molecular weight excluding hydrogens is 455 g/mol. The number of halogens is 1. The van der Waals surface area contributed by atoms with Gasteiger partial charge in [0.2, 0.25) is 0 Å². The quantitative estimate of drug-likeness (QED) is 0.139. The third-order valence-corrected chi connectivity index (χ3v) is 5.26. The number of ether oxygens (including phenoxy) is 1. The molecule has 0 bridgehead atoms. The Labute approximate surface area is 197 Å². The van der Waals surface area contributed by atoms with E-state index >= 15 is 0 Å². The zero-order valence-electron chi connectivity index (χ0n) is 19.5. The van der Waals surface area contributed by atoms with Gasteiger partial charge in [0.1, 0.15) is 5.60 Å². The third-order valence-electron chi connectivity index (χ3n) is 4.50. The lowest BCUT2D eigenvalue weighted by Gasteiger charge is -2.26. The van der Waals surface area contributed by atoms with E-state index in [2.05, 4.69) is 5.23 Å². The molecule has 0 spiro atoms. The number of aryl methyl sites for hydroxylation is 1. The Bertz CT molecular complexity index is 860. The first-order chi connectivity index (χ1) is 14.8. The van der Waals surface area contributed by atoms with Crippen LogP contribution in [0.1, 0.15) is 38.3 Å². The van der Waals surface area contributed by atoms with Gasteiger partial charge >= 0.3 is 5.97 Å². The van der Waals surface area contributed by atoms with Crippen LogP contribution in [-0.2, 0) is 35.0 Å². The molecule has 0 unspecified atom stereocenters. The van der Waals surface area contributed by atoms with Crippen molar-refractivity contribution < 1.29 is 26.9 Å². The summed E-state index contributed by atoms with van der Waals surface area (Å²) in [6.07, 6.45) is 2.42. The highest BCUT2D eigenvalue weighted by atomic mass is 35.5. The molecule has 1 N–H and O–H groups in total. The first-order valence-corrected chi connectivity index (χ1v) is 12.8. The number of esters is 1. The molecule has 0 radical (unpaired) electrons. The van der Waals surface area contributed by atoms with Gasteiger partial charge in [0.25, 0.3) is 17.5 Å². The number of nitrogens with zero attached hydrogens (tertiary/aromatic N) is 1. The molecule has 1 atom stereocenters. The fraction of sp³-hybridized carbons (Fsp3) is 0.619. The van der Waals surface area contributed by atoms with Crippen molar-refractivity contribution in [3.63, 3.8) is 0 Å². The maximum absolute atomic E-state index is 12.3. The Morgan fingerprint density at radius 1 is 1.31 bits per heavy atom. The lowest BCUT2D eigenvalue weighted by atomic mass is 9.91. The zero-order valence-corrected chi connectivity index (χ0v) is 21.1. The Kier molecular flexibility index (Phi) is 11.7. The van der Waals surface area contributed by atoms with Crippen molar-refractivity contribution in [1.82, 2.24) is 5.23 Å². The van der Waals surface area contributed by atoms with Gasteiger partial charge in [-0.3, -0.25) is 8.98 Å². The topological polar surface area (TPSA) is 102 Å². The normalized spacial score (nSPS) is 12.8. The summed E-state index contributed by atoms with van der Waals surface area (Å²) >= 11 is 5.94. The van der Waals surface area contributed by atoms with E-state index in [9.17, 15) is 18.0 Å². The van der Waals surface area contributed by atoms with Crippen molar-refractivity contribution in [3.05, 3.63) is 29.3 Å². The highest BCUT2D eigenvalue weighted by Gasteiger charge is 2.21. The molecule has 0 aliphatic carbocycles. The molecule has 0 saturated heterocycles. The summed E-state index contributed by atoms with van der Waals surface area (Å²) < 4.78 is 32.8. The fourth-order valence-corrected chi connectivity index (χ4v) is 3.71. The average Bonchev–Trinajstić information content (AvgIpc) is 2.64. The molecule has 0 aliphatic heterocycles. The Balaban J connectivity index is 3.01. The van der Waals surface area contributed by atoms with E-state index in [0.29, 0.717) is 25.4 Å². The van der Waals surface area contributed by atoms with Gasteiger partial charge in [-0.05, 0) is 57.4 Å². The van der Waals surface area contributed by atoms with Crippen molar-refractivity contribution in [1.29, 1.82) is 0 Å². The third kappa shape index (κ3) is 11.8. The minimum atomic E-state index is -3.52. The standard InChI is InChI=1S/C21H34BClN2O6S/c1-16-6-7-19(25(9-8-23)10-11-30-32(5,28)29)13-17(16)12-18(24-22-15-26)14-20(27)31-21(2,3)4/h6-7,13,15,18,22,24H,8-12,14H2,1-5H3/t18-/m0/s1. The number of rotatable bonds is 14. The largest absolute Gasteiger partial charge is 0.460 e. The number of alkyl halides is 1. The Morgan fingerprint density at radius 2 is 2.00 bits per heavy atom. The molecule has 1 aromatic rings. The summed E-state index contributed by atoms with van der Waals surface area (Å²) in [6.45, 7) is 8.29. The number of hydrogen-bond acceptors (Lipinski definition) is 8. The second-order valence-electron chi connectivity index (χ2n) is 8.58. The smallest absolute Gasteiger partial charge is 0.307 e. The molecule has 32 heavy (non-hydrogen) atoms. The van der Waals surface area contributed by atoms with Crippen LogP contribution in [0.3, 0.4) is 0 Å². The van der Waals surface area contributed by atoms with Crippen LogP contribution in [0.25, 0.3) is 0 Å².